The van der Waals surface area contributed by atoms with Gasteiger partial charge in [0.25, 0.3) is 6.47 Å². The van der Waals surface area contributed by atoms with Crippen LogP contribution in [-0.4, -0.2) is 74.1 Å². The molecule has 0 amide bonds. The lowest BCUT2D eigenvalue weighted by molar-refractivity contribution is -0.122. The summed E-state index contributed by atoms with van der Waals surface area (Å²) in [4.78, 5) is 12.9. The highest BCUT2D eigenvalue weighted by molar-refractivity contribution is 5.51. The summed E-state index contributed by atoms with van der Waals surface area (Å²) in [5, 5.41) is 25.0. The van der Waals surface area contributed by atoms with Crippen LogP contribution < -0.4 is 5.32 Å². The first-order valence-corrected chi connectivity index (χ1v) is 9.02. The van der Waals surface area contributed by atoms with Crippen molar-refractivity contribution in [1.82, 2.24) is 24.6 Å². The van der Waals surface area contributed by atoms with Gasteiger partial charge in [0.1, 0.15) is 24.0 Å². The lowest BCUT2D eigenvalue weighted by Crippen LogP contribution is -2.30. The average Bonchev–Trinajstić information content (AvgIpc) is 3.40. The number of rotatable bonds is 2. The largest absolute Gasteiger partial charge is 0.483 e. The molecular weight excluding hydrogens is 354 g/mol. The summed E-state index contributed by atoms with van der Waals surface area (Å²) in [6, 6.07) is 2.12. The van der Waals surface area contributed by atoms with Crippen LogP contribution in [0.25, 0.3) is 11.5 Å². The van der Waals surface area contributed by atoms with Crippen molar-refractivity contribution in [2.24, 2.45) is 0 Å². The van der Waals surface area contributed by atoms with Crippen molar-refractivity contribution in [1.29, 1.82) is 0 Å². The number of carboxylic acid groups (broad SMARTS) is 1. The molecule has 5 rings (SSSR count). The van der Waals surface area contributed by atoms with Crippen molar-refractivity contribution < 1.29 is 24.5 Å². The third kappa shape index (κ3) is 3.36. The van der Waals surface area contributed by atoms with Crippen LogP contribution in [0, 0.1) is 0 Å². The third-order valence-corrected chi connectivity index (χ3v) is 5.15. The number of nitrogens with one attached hydrogen (secondary N) is 1. The number of aliphatic hydroxyl groups is 1. The molecule has 4 atom stereocenters. The number of nitrogens with zero attached hydrogens (tertiary/aromatic N) is 4. The summed E-state index contributed by atoms with van der Waals surface area (Å²) in [6.45, 7) is 3.39. The Morgan fingerprint density at radius 2 is 2.11 bits per heavy atom. The van der Waals surface area contributed by atoms with Gasteiger partial charge >= 0.3 is 0 Å². The summed E-state index contributed by atoms with van der Waals surface area (Å²) in [6.07, 6.45) is 3.90. The van der Waals surface area contributed by atoms with Gasteiger partial charge in [0, 0.05) is 25.5 Å². The number of aliphatic hydroxyl groups excluding tert-OH is 1. The quantitative estimate of drug-likeness (QED) is 0.606. The molecule has 5 heterocycles. The number of ether oxygens (including phenoxy) is 2. The molecule has 10 nitrogen and oxygen atoms in total. The lowest BCUT2D eigenvalue weighted by Gasteiger charge is -2.19. The maximum Gasteiger partial charge on any atom is 0.290 e. The zero-order valence-electron chi connectivity index (χ0n) is 14.8. The molecule has 0 aromatic carbocycles. The molecule has 3 aliphatic rings. The molecule has 3 N–H and O–H groups in total. The van der Waals surface area contributed by atoms with Crippen LogP contribution in [0.4, 0.5) is 0 Å². The fourth-order valence-corrected chi connectivity index (χ4v) is 3.95. The predicted molar refractivity (Wildman–Crippen MR) is 93.0 cm³/mol. The standard InChI is InChI=1S/C16H21N5O3.CH2O2/c22-13-9-24-14-12(8-23-15(13)14)20-5-3-18-16(20)11-6-10-7-17-2-1-4-21(10)19-11;2-1-3/h3,5-6,12-15,17,22H,1-2,4,7-9H2;1H,(H,2,3)/t12-,13+,14+,15+;/m0./s1. The van der Waals surface area contributed by atoms with E-state index in [9.17, 15) is 5.11 Å². The minimum atomic E-state index is -0.540. The second-order valence-electron chi connectivity index (χ2n) is 6.77. The van der Waals surface area contributed by atoms with Crippen LogP contribution in [0.1, 0.15) is 18.2 Å². The van der Waals surface area contributed by atoms with E-state index in [1.807, 2.05) is 6.20 Å². The Balaban J connectivity index is 0.000000565. The van der Waals surface area contributed by atoms with E-state index in [0.717, 1.165) is 37.6 Å². The molecular formula is C17H23N5O5. The highest BCUT2D eigenvalue weighted by atomic mass is 16.6. The highest BCUT2D eigenvalue weighted by Crippen LogP contribution is 2.36. The molecule has 2 fully saturated rings. The van der Waals surface area contributed by atoms with Crippen LogP contribution in [-0.2, 0) is 27.4 Å². The van der Waals surface area contributed by atoms with E-state index in [0.29, 0.717) is 13.2 Å². The molecule has 27 heavy (non-hydrogen) atoms. The summed E-state index contributed by atoms with van der Waals surface area (Å²) >= 11 is 0. The molecule has 146 valence electrons. The number of carbonyl (C=O) groups is 1. The number of aryl methyl sites for hydroxylation is 1. The van der Waals surface area contributed by atoms with Crippen molar-refractivity contribution >= 4 is 6.47 Å². The molecule has 2 aromatic heterocycles. The summed E-state index contributed by atoms with van der Waals surface area (Å²) in [5.41, 5.74) is 2.06. The Hall–Kier alpha value is -2.27. The first kappa shape index (κ1) is 18.1. The Morgan fingerprint density at radius 3 is 2.96 bits per heavy atom. The summed E-state index contributed by atoms with van der Waals surface area (Å²) < 4.78 is 15.7. The van der Waals surface area contributed by atoms with E-state index in [4.69, 9.17) is 24.5 Å². The van der Waals surface area contributed by atoms with Crippen molar-refractivity contribution in [2.45, 2.75) is 43.9 Å². The fraction of sp³-hybridized carbons (Fsp3) is 0.588. The van der Waals surface area contributed by atoms with Crippen molar-refractivity contribution in [3.8, 4) is 11.5 Å². The fourth-order valence-electron chi connectivity index (χ4n) is 3.95. The van der Waals surface area contributed by atoms with E-state index in [1.165, 1.54) is 5.69 Å². The van der Waals surface area contributed by atoms with Gasteiger partial charge in [-0.05, 0) is 19.0 Å². The van der Waals surface area contributed by atoms with E-state index in [2.05, 4.69) is 25.6 Å². The van der Waals surface area contributed by atoms with Gasteiger partial charge in [-0.3, -0.25) is 9.48 Å². The second kappa shape index (κ2) is 7.77. The smallest absolute Gasteiger partial charge is 0.290 e. The average molecular weight is 377 g/mol. The van der Waals surface area contributed by atoms with Crippen molar-refractivity contribution in [2.75, 3.05) is 19.8 Å². The predicted octanol–water partition coefficient (Wildman–Crippen LogP) is -0.360. The van der Waals surface area contributed by atoms with Gasteiger partial charge in [-0.25, -0.2) is 4.98 Å². The normalized spacial score (nSPS) is 29.4. The van der Waals surface area contributed by atoms with E-state index < -0.39 is 6.10 Å². The first-order chi connectivity index (χ1) is 13.2. The van der Waals surface area contributed by atoms with Crippen LogP contribution >= 0.6 is 0 Å². The van der Waals surface area contributed by atoms with Crippen molar-refractivity contribution in [3.63, 3.8) is 0 Å². The van der Waals surface area contributed by atoms with Gasteiger partial charge in [0.15, 0.2) is 5.82 Å². The molecule has 2 saturated heterocycles. The Kier molecular flexibility index (Phi) is 5.21. The Bertz CT molecular complexity index is 767. The van der Waals surface area contributed by atoms with E-state index in [1.54, 1.807) is 6.20 Å². The van der Waals surface area contributed by atoms with E-state index >= 15 is 0 Å². The Labute approximate surface area is 155 Å². The van der Waals surface area contributed by atoms with Crippen molar-refractivity contribution in [3.05, 3.63) is 24.2 Å². The molecule has 2 aromatic rings. The zero-order chi connectivity index (χ0) is 18.8. The zero-order valence-corrected chi connectivity index (χ0v) is 14.8. The maximum absolute atomic E-state index is 9.94. The summed E-state index contributed by atoms with van der Waals surface area (Å²) in [7, 11) is 0. The van der Waals surface area contributed by atoms with Gasteiger partial charge in [-0.15, -0.1) is 0 Å². The molecule has 3 aliphatic heterocycles. The lowest BCUT2D eigenvalue weighted by atomic mass is 10.1. The van der Waals surface area contributed by atoms with Crippen LogP contribution in [0.2, 0.25) is 0 Å². The molecule has 10 heteroatoms. The monoisotopic (exact) mass is 377 g/mol. The third-order valence-electron chi connectivity index (χ3n) is 5.15. The minimum absolute atomic E-state index is 0.0179. The highest BCUT2D eigenvalue weighted by Gasteiger charge is 2.48. The van der Waals surface area contributed by atoms with E-state index in [-0.39, 0.29) is 24.7 Å². The van der Waals surface area contributed by atoms with Gasteiger partial charge in [-0.1, -0.05) is 0 Å². The van der Waals surface area contributed by atoms with Gasteiger partial charge < -0.3 is 29.6 Å². The number of imidazole rings is 1. The number of aromatic nitrogens is 4. The van der Waals surface area contributed by atoms with Gasteiger partial charge in [-0.2, -0.15) is 5.10 Å². The molecule has 0 unspecified atom stereocenters. The topological polar surface area (TPSA) is 124 Å². The number of hydrogen-bond acceptors (Lipinski definition) is 7. The van der Waals surface area contributed by atoms with Gasteiger partial charge in [0.05, 0.1) is 24.9 Å². The van der Waals surface area contributed by atoms with Gasteiger partial charge in [0.2, 0.25) is 0 Å². The molecule has 0 aliphatic carbocycles. The molecule has 0 radical (unpaired) electrons. The van der Waals surface area contributed by atoms with Crippen LogP contribution in [0.15, 0.2) is 18.5 Å². The van der Waals surface area contributed by atoms with Crippen LogP contribution in [0.5, 0.6) is 0 Å². The SMILES string of the molecule is O=CO.O[C@@H]1CO[C@H]2[C@@H]1OC[C@@H]2n1ccnc1-c1cc2n(n1)CCCNC2. The second-order valence-corrected chi connectivity index (χ2v) is 6.77. The Morgan fingerprint density at radius 1 is 1.30 bits per heavy atom. The van der Waals surface area contributed by atoms with Crippen LogP contribution in [0.3, 0.4) is 0 Å². The first-order valence-electron chi connectivity index (χ1n) is 9.02. The molecule has 0 spiro atoms. The summed E-state index contributed by atoms with van der Waals surface area (Å²) in [5.74, 6) is 0.829. The minimum Gasteiger partial charge on any atom is -0.483 e. The molecule has 0 bridgehead atoms. The maximum atomic E-state index is 9.94. The number of hydrogen-bond donors (Lipinski definition) is 3. The molecule has 0 saturated carbocycles. The number of fused-ring (bicyclic) bond motifs is 2.